The number of hydrogen-bond acceptors (Lipinski definition) is 3. The molecule has 0 saturated heterocycles. The summed E-state index contributed by atoms with van der Waals surface area (Å²) in [6.45, 7) is 16.7. The van der Waals surface area contributed by atoms with Crippen LogP contribution in [0.2, 0.25) is 0 Å². The summed E-state index contributed by atoms with van der Waals surface area (Å²) in [5, 5.41) is 0. The second-order valence-corrected chi connectivity index (χ2v) is 6.48. The Labute approximate surface area is 187 Å². The number of ether oxygens (including phenoxy) is 3. The number of allylic oxidation sites excluding steroid dienone is 3. The van der Waals surface area contributed by atoms with Crippen molar-refractivity contribution in [2.45, 2.75) is 40.5 Å². The highest BCUT2D eigenvalue weighted by molar-refractivity contribution is 5.66. The molecule has 2 aromatic carbocycles. The summed E-state index contributed by atoms with van der Waals surface area (Å²) < 4.78 is 28.7. The zero-order valence-corrected chi connectivity index (χ0v) is 20.2. The fourth-order valence-corrected chi connectivity index (χ4v) is 3.19. The molecule has 0 radical (unpaired) electrons. The van der Waals surface area contributed by atoms with Crippen LogP contribution in [-0.4, -0.2) is 21.3 Å². The molecule has 0 saturated carbocycles. The number of methoxy groups -OCH3 is 2. The van der Waals surface area contributed by atoms with Crippen LogP contribution in [0, 0.1) is 6.92 Å². The van der Waals surface area contributed by atoms with Crippen LogP contribution in [0.5, 0.6) is 17.2 Å². The molecule has 0 N–H and O–H groups in total. The predicted molar refractivity (Wildman–Crippen MR) is 131 cm³/mol. The fourth-order valence-electron chi connectivity index (χ4n) is 3.19. The first kappa shape index (κ1) is 28.1. The van der Waals surface area contributed by atoms with Crippen LogP contribution < -0.4 is 9.47 Å². The van der Waals surface area contributed by atoms with E-state index in [-0.39, 0.29) is 5.92 Å². The Morgan fingerprint density at radius 1 is 1.06 bits per heavy atom. The molecule has 170 valence electrons. The zero-order chi connectivity index (χ0) is 24.0. The minimum atomic E-state index is -0.460. The van der Waals surface area contributed by atoms with E-state index in [1.807, 2.05) is 58.0 Å². The number of fused-ring (bicyclic) bond motifs is 2. The fraction of sp³-hybridized carbons (Fsp3) is 0.333. The summed E-state index contributed by atoms with van der Waals surface area (Å²) in [5.74, 6) is 2.15. The van der Waals surface area contributed by atoms with E-state index in [4.69, 9.17) is 9.47 Å². The summed E-state index contributed by atoms with van der Waals surface area (Å²) in [4.78, 5) is 0. The summed E-state index contributed by atoms with van der Waals surface area (Å²) in [6.07, 6.45) is 4.86. The number of halogens is 1. The van der Waals surface area contributed by atoms with E-state index in [1.54, 1.807) is 33.5 Å². The van der Waals surface area contributed by atoms with E-state index in [1.165, 1.54) is 6.08 Å². The van der Waals surface area contributed by atoms with Crippen molar-refractivity contribution in [2.75, 3.05) is 21.3 Å². The van der Waals surface area contributed by atoms with Crippen molar-refractivity contribution in [1.29, 1.82) is 0 Å². The van der Waals surface area contributed by atoms with Gasteiger partial charge in [0.15, 0.2) is 0 Å². The summed E-state index contributed by atoms with van der Waals surface area (Å²) in [6, 6.07) is 9.68. The Morgan fingerprint density at radius 2 is 1.61 bits per heavy atom. The first-order valence-electron chi connectivity index (χ1n) is 10.3. The van der Waals surface area contributed by atoms with Crippen molar-refractivity contribution in [3.63, 3.8) is 0 Å². The molecular weight excluding hydrogens is 391 g/mol. The lowest BCUT2D eigenvalue weighted by Crippen LogP contribution is -2.11. The third-order valence-corrected chi connectivity index (χ3v) is 4.29. The van der Waals surface area contributed by atoms with Crippen LogP contribution in [0.15, 0.2) is 61.5 Å². The highest BCUT2D eigenvalue weighted by atomic mass is 19.1. The monoisotopic (exact) mass is 428 g/mol. The molecule has 1 unspecified atom stereocenters. The van der Waals surface area contributed by atoms with Crippen LogP contribution in [0.25, 0.3) is 6.08 Å². The molecule has 1 aliphatic rings. The Balaban J connectivity index is 0.000000991. The third kappa shape index (κ3) is 7.72. The highest BCUT2D eigenvalue weighted by Gasteiger charge is 2.29. The van der Waals surface area contributed by atoms with E-state index in [9.17, 15) is 4.39 Å². The number of benzene rings is 2. The molecule has 4 heteroatoms. The molecule has 0 spiro atoms. The van der Waals surface area contributed by atoms with Gasteiger partial charge in [-0.2, -0.15) is 0 Å². The Kier molecular flexibility index (Phi) is 13.6. The molecule has 0 aliphatic carbocycles. The molecule has 3 nitrogen and oxygen atoms in total. The lowest BCUT2D eigenvalue weighted by Gasteiger charge is -2.29. The second-order valence-electron chi connectivity index (χ2n) is 6.48. The first-order chi connectivity index (χ1) is 14.9. The van der Waals surface area contributed by atoms with Gasteiger partial charge in [0.2, 0.25) is 0 Å². The van der Waals surface area contributed by atoms with Crippen LogP contribution in [-0.2, 0) is 4.74 Å². The molecule has 0 bridgehead atoms. The van der Waals surface area contributed by atoms with Crippen LogP contribution in [0.3, 0.4) is 0 Å². The van der Waals surface area contributed by atoms with E-state index >= 15 is 0 Å². The topological polar surface area (TPSA) is 27.7 Å². The summed E-state index contributed by atoms with van der Waals surface area (Å²) >= 11 is 0. The SMILES string of the molecule is C=C(F)/C=C\c1ccc2c(c1C)C(C)c1c(OC)cccc1O2.C=CC.CC.COC. The largest absolute Gasteiger partial charge is 0.496 e. The number of hydrogen-bond donors (Lipinski definition) is 0. The Hall–Kier alpha value is -2.85. The average molecular weight is 429 g/mol. The van der Waals surface area contributed by atoms with Gasteiger partial charge in [0.1, 0.15) is 23.1 Å². The van der Waals surface area contributed by atoms with Gasteiger partial charge in [0.25, 0.3) is 0 Å². The van der Waals surface area contributed by atoms with E-state index in [0.717, 1.165) is 39.5 Å². The van der Waals surface area contributed by atoms with E-state index in [0.29, 0.717) is 0 Å². The van der Waals surface area contributed by atoms with Crippen LogP contribution in [0.4, 0.5) is 4.39 Å². The molecule has 0 fully saturated rings. The summed E-state index contributed by atoms with van der Waals surface area (Å²) in [7, 11) is 4.91. The van der Waals surface area contributed by atoms with Crippen molar-refractivity contribution < 1.29 is 18.6 Å². The van der Waals surface area contributed by atoms with Crippen LogP contribution in [0.1, 0.15) is 55.9 Å². The van der Waals surface area contributed by atoms with Gasteiger partial charge in [0.05, 0.1) is 7.11 Å². The molecule has 1 aliphatic heterocycles. The maximum atomic E-state index is 12.9. The second kappa shape index (κ2) is 15.0. The van der Waals surface area contributed by atoms with Gasteiger partial charge in [-0.25, -0.2) is 4.39 Å². The lowest BCUT2D eigenvalue weighted by molar-refractivity contribution is 0.277. The van der Waals surface area contributed by atoms with Gasteiger partial charge in [-0.1, -0.05) is 51.6 Å². The molecule has 0 amide bonds. The van der Waals surface area contributed by atoms with Gasteiger partial charge in [-0.3, -0.25) is 0 Å². The maximum absolute atomic E-state index is 12.9. The molecule has 31 heavy (non-hydrogen) atoms. The Morgan fingerprint density at radius 3 is 2.13 bits per heavy atom. The van der Waals surface area contributed by atoms with Gasteiger partial charge >= 0.3 is 0 Å². The van der Waals surface area contributed by atoms with Crippen LogP contribution >= 0.6 is 0 Å². The molecule has 1 heterocycles. The molecule has 0 aromatic heterocycles. The smallest absolute Gasteiger partial charge is 0.134 e. The van der Waals surface area contributed by atoms with Gasteiger partial charge in [0, 0.05) is 31.3 Å². The van der Waals surface area contributed by atoms with E-state index in [2.05, 4.69) is 24.8 Å². The average Bonchev–Trinajstić information content (AvgIpc) is 2.75. The van der Waals surface area contributed by atoms with Crippen molar-refractivity contribution in [3.8, 4) is 17.2 Å². The standard InChI is InChI=1S/C20H19FO2.C3H6.C2H6O.C2H6/c1-12(21)8-9-15-10-11-18-19(13(15)2)14(3)20-16(22-4)6-5-7-17(20)23-18;2*1-3-2;1-2/h5-11,14H,1H2,2-4H3;3H,1H2,2H3;1-2H3;1-2H3/b9-8-;;;. The number of rotatable bonds is 3. The molecular formula is C27H37FO3. The molecule has 2 aromatic rings. The van der Waals surface area contributed by atoms with Gasteiger partial charge in [-0.05, 0) is 49.2 Å². The lowest BCUT2D eigenvalue weighted by atomic mass is 9.84. The van der Waals surface area contributed by atoms with Crippen molar-refractivity contribution >= 4 is 6.08 Å². The minimum Gasteiger partial charge on any atom is -0.496 e. The zero-order valence-electron chi connectivity index (χ0n) is 20.2. The third-order valence-electron chi connectivity index (χ3n) is 4.29. The predicted octanol–water partition coefficient (Wildman–Crippen LogP) is 8.24. The van der Waals surface area contributed by atoms with Gasteiger partial charge < -0.3 is 14.2 Å². The van der Waals surface area contributed by atoms with Crippen molar-refractivity contribution in [2.24, 2.45) is 0 Å². The van der Waals surface area contributed by atoms with E-state index < -0.39 is 5.83 Å². The minimum absolute atomic E-state index is 0.131. The first-order valence-corrected chi connectivity index (χ1v) is 10.3. The van der Waals surface area contributed by atoms with Crippen molar-refractivity contribution in [1.82, 2.24) is 0 Å². The van der Waals surface area contributed by atoms with Crippen molar-refractivity contribution in [3.05, 3.63) is 83.7 Å². The molecule has 1 atom stereocenters. The maximum Gasteiger partial charge on any atom is 0.134 e. The van der Waals surface area contributed by atoms with Gasteiger partial charge in [-0.15, -0.1) is 6.58 Å². The normalized spacial score (nSPS) is 12.9. The highest BCUT2D eigenvalue weighted by Crippen LogP contribution is 2.49. The quantitative estimate of drug-likeness (QED) is 0.364. The molecule has 3 rings (SSSR count). The summed E-state index contributed by atoms with van der Waals surface area (Å²) in [5.41, 5.74) is 4.18. The Bertz CT molecular complexity index is 869.